The largest absolute Gasteiger partial charge is 0.466 e. The Labute approximate surface area is 121 Å². The molecule has 0 aromatic heterocycles. The standard InChI is InChI=1S/2C7H12O2.CH2O/c2*1-4-5-6(2)7(8)9-3;1-2/h2*5H,4H2,1-3H3;1H2. The maximum absolute atomic E-state index is 10.6. The van der Waals surface area contributed by atoms with Gasteiger partial charge in [0.15, 0.2) is 0 Å². The fraction of sp³-hybridized carbons (Fsp3) is 0.533. The van der Waals surface area contributed by atoms with Crippen LogP contribution < -0.4 is 0 Å². The van der Waals surface area contributed by atoms with Crippen molar-refractivity contribution in [2.75, 3.05) is 14.2 Å². The van der Waals surface area contributed by atoms with Crippen molar-refractivity contribution in [1.82, 2.24) is 0 Å². The summed E-state index contributed by atoms with van der Waals surface area (Å²) in [7, 11) is 2.77. The van der Waals surface area contributed by atoms with E-state index in [0.717, 1.165) is 12.8 Å². The highest BCUT2D eigenvalue weighted by Gasteiger charge is 1.99. The van der Waals surface area contributed by atoms with Crippen LogP contribution in [0.3, 0.4) is 0 Å². The topological polar surface area (TPSA) is 69.7 Å². The predicted molar refractivity (Wildman–Crippen MR) is 79.2 cm³/mol. The van der Waals surface area contributed by atoms with E-state index < -0.39 is 0 Å². The molecule has 20 heavy (non-hydrogen) atoms. The molecule has 0 aliphatic carbocycles. The molecule has 0 amide bonds. The number of ether oxygens (including phenoxy) is 2. The van der Waals surface area contributed by atoms with Crippen molar-refractivity contribution in [2.45, 2.75) is 40.5 Å². The average molecular weight is 286 g/mol. The second-order valence-electron chi connectivity index (χ2n) is 3.57. The van der Waals surface area contributed by atoms with Gasteiger partial charge in [-0.2, -0.15) is 0 Å². The minimum Gasteiger partial charge on any atom is -0.466 e. The first-order valence-corrected chi connectivity index (χ1v) is 6.23. The monoisotopic (exact) mass is 286 g/mol. The summed E-state index contributed by atoms with van der Waals surface area (Å²) in [5.74, 6) is -0.478. The summed E-state index contributed by atoms with van der Waals surface area (Å²) in [6, 6.07) is 0. The van der Waals surface area contributed by atoms with Gasteiger partial charge in [0.1, 0.15) is 6.79 Å². The number of carbonyl (C=O) groups excluding carboxylic acids is 3. The lowest BCUT2D eigenvalue weighted by Crippen LogP contribution is -2.00. The Morgan fingerprint density at radius 3 is 1.25 bits per heavy atom. The number of esters is 2. The van der Waals surface area contributed by atoms with Crippen LogP contribution in [0.25, 0.3) is 0 Å². The van der Waals surface area contributed by atoms with Crippen molar-refractivity contribution < 1.29 is 23.9 Å². The Morgan fingerprint density at radius 2 is 1.10 bits per heavy atom. The third-order valence-electron chi connectivity index (χ3n) is 2.04. The van der Waals surface area contributed by atoms with E-state index in [4.69, 9.17) is 4.79 Å². The Balaban J connectivity index is -0.000000257. The predicted octanol–water partition coefficient (Wildman–Crippen LogP) is 2.85. The number of hydrogen-bond donors (Lipinski definition) is 0. The van der Waals surface area contributed by atoms with Crippen molar-refractivity contribution in [2.24, 2.45) is 0 Å². The van der Waals surface area contributed by atoms with E-state index in [-0.39, 0.29) is 11.9 Å². The van der Waals surface area contributed by atoms with Crippen LogP contribution in [-0.4, -0.2) is 32.9 Å². The molecular formula is C15H26O5. The zero-order valence-corrected chi connectivity index (χ0v) is 13.3. The van der Waals surface area contributed by atoms with Gasteiger partial charge in [-0.15, -0.1) is 0 Å². The van der Waals surface area contributed by atoms with Crippen molar-refractivity contribution in [3.63, 3.8) is 0 Å². The van der Waals surface area contributed by atoms with Gasteiger partial charge in [-0.1, -0.05) is 26.0 Å². The van der Waals surface area contributed by atoms with E-state index in [2.05, 4.69) is 9.47 Å². The second kappa shape index (κ2) is 17.1. The summed E-state index contributed by atoms with van der Waals surface area (Å²) < 4.78 is 8.91. The van der Waals surface area contributed by atoms with E-state index in [1.807, 2.05) is 32.8 Å². The summed E-state index contributed by atoms with van der Waals surface area (Å²) in [6.07, 6.45) is 5.43. The summed E-state index contributed by atoms with van der Waals surface area (Å²) in [4.78, 5) is 29.2. The van der Waals surface area contributed by atoms with Gasteiger partial charge in [-0.3, -0.25) is 0 Å². The van der Waals surface area contributed by atoms with Gasteiger partial charge in [0.25, 0.3) is 0 Å². The second-order valence-corrected chi connectivity index (χ2v) is 3.57. The molecule has 0 aliphatic rings. The lowest BCUT2D eigenvalue weighted by atomic mass is 10.2. The normalized spacial score (nSPS) is 10.3. The van der Waals surface area contributed by atoms with Crippen LogP contribution in [0.2, 0.25) is 0 Å². The van der Waals surface area contributed by atoms with Crippen LogP contribution >= 0.6 is 0 Å². The van der Waals surface area contributed by atoms with Crippen molar-refractivity contribution in [3.05, 3.63) is 23.3 Å². The molecular weight excluding hydrogens is 260 g/mol. The first-order chi connectivity index (χ1) is 9.44. The maximum atomic E-state index is 10.6. The molecule has 0 heterocycles. The third-order valence-corrected chi connectivity index (χ3v) is 2.04. The minimum absolute atomic E-state index is 0.239. The molecule has 0 aliphatic heterocycles. The lowest BCUT2D eigenvalue weighted by Gasteiger charge is -1.95. The van der Waals surface area contributed by atoms with E-state index in [9.17, 15) is 9.59 Å². The fourth-order valence-corrected chi connectivity index (χ4v) is 1.10. The first kappa shape index (κ1) is 23.2. The summed E-state index contributed by atoms with van der Waals surface area (Å²) in [5.41, 5.74) is 1.36. The summed E-state index contributed by atoms with van der Waals surface area (Å²) in [6.45, 7) is 9.45. The van der Waals surface area contributed by atoms with Gasteiger partial charge in [-0.25, -0.2) is 9.59 Å². The quantitative estimate of drug-likeness (QED) is 0.587. The van der Waals surface area contributed by atoms with E-state index in [1.54, 1.807) is 13.8 Å². The smallest absolute Gasteiger partial charge is 0.333 e. The molecule has 0 N–H and O–H groups in total. The van der Waals surface area contributed by atoms with E-state index >= 15 is 0 Å². The first-order valence-electron chi connectivity index (χ1n) is 6.23. The molecule has 0 fully saturated rings. The van der Waals surface area contributed by atoms with Crippen molar-refractivity contribution in [3.8, 4) is 0 Å². The number of allylic oxidation sites excluding steroid dienone is 2. The molecule has 0 bridgehead atoms. The minimum atomic E-state index is -0.239. The molecule has 0 unspecified atom stereocenters. The van der Waals surface area contributed by atoms with Crippen molar-refractivity contribution >= 4 is 18.7 Å². The van der Waals surface area contributed by atoms with E-state index in [0.29, 0.717) is 11.1 Å². The summed E-state index contributed by atoms with van der Waals surface area (Å²) >= 11 is 0. The number of methoxy groups -OCH3 is 2. The number of hydrogen-bond acceptors (Lipinski definition) is 5. The third kappa shape index (κ3) is 14.2. The van der Waals surface area contributed by atoms with Gasteiger partial charge in [-0.05, 0) is 26.7 Å². The number of carbonyl (C=O) groups is 3. The van der Waals surface area contributed by atoms with Crippen LogP contribution in [-0.2, 0) is 23.9 Å². The molecule has 5 heteroatoms. The molecule has 0 spiro atoms. The highest BCUT2D eigenvalue weighted by Crippen LogP contribution is 1.96. The van der Waals surface area contributed by atoms with Crippen LogP contribution in [0, 0.1) is 0 Å². The lowest BCUT2D eigenvalue weighted by molar-refractivity contribution is -0.136. The van der Waals surface area contributed by atoms with Crippen LogP contribution in [0.15, 0.2) is 23.3 Å². The highest BCUT2D eigenvalue weighted by atomic mass is 16.5. The molecule has 0 rings (SSSR count). The van der Waals surface area contributed by atoms with Gasteiger partial charge in [0, 0.05) is 11.1 Å². The van der Waals surface area contributed by atoms with Crippen molar-refractivity contribution in [1.29, 1.82) is 0 Å². The van der Waals surface area contributed by atoms with Gasteiger partial charge in [0.05, 0.1) is 14.2 Å². The molecule has 116 valence electrons. The zero-order valence-electron chi connectivity index (χ0n) is 13.3. The van der Waals surface area contributed by atoms with Crippen LogP contribution in [0.5, 0.6) is 0 Å². The summed E-state index contributed by atoms with van der Waals surface area (Å²) in [5, 5.41) is 0. The average Bonchev–Trinajstić information content (AvgIpc) is 2.48. The fourth-order valence-electron chi connectivity index (χ4n) is 1.10. The van der Waals surface area contributed by atoms with Gasteiger partial charge >= 0.3 is 11.9 Å². The maximum Gasteiger partial charge on any atom is 0.333 e. The molecule has 0 saturated carbocycles. The number of rotatable bonds is 4. The highest BCUT2D eigenvalue weighted by molar-refractivity contribution is 5.87. The Hall–Kier alpha value is -1.91. The molecule has 0 aromatic rings. The van der Waals surface area contributed by atoms with Gasteiger partial charge < -0.3 is 14.3 Å². The van der Waals surface area contributed by atoms with E-state index in [1.165, 1.54) is 14.2 Å². The molecule has 0 aromatic carbocycles. The molecule has 0 saturated heterocycles. The molecule has 5 nitrogen and oxygen atoms in total. The Morgan fingerprint density at radius 1 is 0.850 bits per heavy atom. The van der Waals surface area contributed by atoms with Crippen LogP contribution in [0.1, 0.15) is 40.5 Å². The molecule has 0 atom stereocenters. The van der Waals surface area contributed by atoms with Gasteiger partial charge in [0.2, 0.25) is 0 Å². The molecule has 0 radical (unpaired) electrons. The van der Waals surface area contributed by atoms with Crippen LogP contribution in [0.4, 0.5) is 0 Å². The SMILES string of the molecule is C=O.CCC=C(C)C(=O)OC.CCC=C(C)C(=O)OC. The Bertz CT molecular complexity index is 297. The Kier molecular flexibility index (Phi) is 19.8. The zero-order chi connectivity index (χ0) is 16.6.